The van der Waals surface area contributed by atoms with E-state index in [1.807, 2.05) is 0 Å². The van der Waals surface area contributed by atoms with Crippen LogP contribution in [-0.4, -0.2) is 24.0 Å². The highest BCUT2D eigenvalue weighted by molar-refractivity contribution is 7.98. The summed E-state index contributed by atoms with van der Waals surface area (Å²) in [7, 11) is 0. The van der Waals surface area contributed by atoms with E-state index in [4.69, 9.17) is 0 Å². The summed E-state index contributed by atoms with van der Waals surface area (Å²) < 4.78 is 0. The molecule has 0 heterocycles. The maximum atomic E-state index is 10.7. The molecule has 11 heavy (non-hydrogen) atoms. The second-order valence-corrected chi connectivity index (χ2v) is 3.92. The molecule has 0 saturated carbocycles. The van der Waals surface area contributed by atoms with Gasteiger partial charge < -0.3 is 5.32 Å². The topological polar surface area (TPSA) is 29.1 Å². The van der Waals surface area contributed by atoms with E-state index in [9.17, 15) is 4.79 Å². The summed E-state index contributed by atoms with van der Waals surface area (Å²) in [6, 6.07) is 0.322. The Bertz CT molecular complexity index is 125. The van der Waals surface area contributed by atoms with Crippen molar-refractivity contribution in [2.24, 2.45) is 5.92 Å². The molecule has 0 spiro atoms. The van der Waals surface area contributed by atoms with E-state index < -0.39 is 0 Å². The van der Waals surface area contributed by atoms with Gasteiger partial charge in [-0.15, -0.1) is 0 Å². The summed E-state index contributed by atoms with van der Waals surface area (Å²) >= 11 is 1.77. The average Bonchev–Trinajstić information content (AvgIpc) is 1.86. The normalized spacial score (nSPS) is 13.2. The maximum Gasteiger partial charge on any atom is 0.217 e. The third-order valence-electron chi connectivity index (χ3n) is 1.54. The predicted molar refractivity (Wildman–Crippen MR) is 50.8 cm³/mol. The molecule has 0 aliphatic rings. The van der Waals surface area contributed by atoms with Gasteiger partial charge >= 0.3 is 0 Å². The van der Waals surface area contributed by atoms with Crippen LogP contribution in [0.1, 0.15) is 20.8 Å². The van der Waals surface area contributed by atoms with Crippen LogP contribution in [0.2, 0.25) is 0 Å². The van der Waals surface area contributed by atoms with Crippen LogP contribution in [0.3, 0.4) is 0 Å². The van der Waals surface area contributed by atoms with Crippen molar-refractivity contribution >= 4 is 17.7 Å². The Labute approximate surface area is 73.1 Å². The number of thioether (sulfide) groups is 1. The minimum Gasteiger partial charge on any atom is -0.353 e. The van der Waals surface area contributed by atoms with Crippen LogP contribution in [0, 0.1) is 5.92 Å². The molecule has 0 aromatic rings. The van der Waals surface area contributed by atoms with Crippen LogP contribution in [0.25, 0.3) is 0 Å². The Morgan fingerprint density at radius 1 is 1.55 bits per heavy atom. The van der Waals surface area contributed by atoms with E-state index in [1.54, 1.807) is 18.7 Å². The zero-order valence-corrected chi connectivity index (χ0v) is 8.49. The lowest BCUT2D eigenvalue weighted by Gasteiger charge is -2.20. The Morgan fingerprint density at radius 2 is 2.09 bits per heavy atom. The van der Waals surface area contributed by atoms with Gasteiger partial charge in [0.1, 0.15) is 0 Å². The molecule has 0 saturated heterocycles. The molecule has 2 nitrogen and oxygen atoms in total. The van der Waals surface area contributed by atoms with Gasteiger partial charge in [0.05, 0.1) is 0 Å². The quantitative estimate of drug-likeness (QED) is 0.701. The SMILES string of the molecule is CSCC(NC(C)=O)C(C)C. The first kappa shape index (κ1) is 10.8. The summed E-state index contributed by atoms with van der Waals surface area (Å²) in [5, 5.41) is 2.92. The Balaban J connectivity index is 3.79. The standard InChI is InChI=1S/C8H17NOS/c1-6(2)8(5-11-4)9-7(3)10/h6,8H,5H2,1-4H3,(H,9,10). The van der Waals surface area contributed by atoms with Gasteiger partial charge in [0.2, 0.25) is 5.91 Å². The first-order valence-corrected chi connectivity index (χ1v) is 5.23. The van der Waals surface area contributed by atoms with Crippen molar-refractivity contribution < 1.29 is 4.79 Å². The summed E-state index contributed by atoms with van der Waals surface area (Å²) in [5.41, 5.74) is 0. The van der Waals surface area contributed by atoms with Crippen molar-refractivity contribution in [3.8, 4) is 0 Å². The van der Waals surface area contributed by atoms with E-state index in [0.717, 1.165) is 5.75 Å². The molecule has 1 unspecified atom stereocenters. The van der Waals surface area contributed by atoms with Crippen LogP contribution in [0.15, 0.2) is 0 Å². The average molecular weight is 175 g/mol. The highest BCUT2D eigenvalue weighted by atomic mass is 32.2. The van der Waals surface area contributed by atoms with E-state index in [-0.39, 0.29) is 5.91 Å². The molecule has 1 amide bonds. The first-order valence-electron chi connectivity index (χ1n) is 3.84. The number of amides is 1. The van der Waals surface area contributed by atoms with Gasteiger partial charge in [0.25, 0.3) is 0 Å². The molecule has 0 aliphatic heterocycles. The summed E-state index contributed by atoms with van der Waals surface area (Å²) in [5.74, 6) is 1.58. The van der Waals surface area contributed by atoms with E-state index >= 15 is 0 Å². The molecule has 0 rings (SSSR count). The van der Waals surface area contributed by atoms with Crippen LogP contribution < -0.4 is 5.32 Å². The minimum atomic E-state index is 0.0674. The van der Waals surface area contributed by atoms with Gasteiger partial charge in [0, 0.05) is 18.7 Å². The lowest BCUT2D eigenvalue weighted by Crippen LogP contribution is -2.38. The number of carbonyl (C=O) groups is 1. The van der Waals surface area contributed by atoms with Crippen molar-refractivity contribution in [1.82, 2.24) is 5.32 Å². The van der Waals surface area contributed by atoms with Crippen LogP contribution in [0.5, 0.6) is 0 Å². The predicted octanol–water partition coefficient (Wildman–Crippen LogP) is 1.51. The second-order valence-electron chi connectivity index (χ2n) is 3.01. The lowest BCUT2D eigenvalue weighted by molar-refractivity contribution is -0.119. The highest BCUT2D eigenvalue weighted by Gasteiger charge is 2.12. The number of carbonyl (C=O) groups excluding carboxylic acids is 1. The maximum absolute atomic E-state index is 10.7. The zero-order chi connectivity index (χ0) is 8.85. The fraction of sp³-hybridized carbons (Fsp3) is 0.875. The lowest BCUT2D eigenvalue weighted by atomic mass is 10.1. The molecular weight excluding hydrogens is 158 g/mol. The molecular formula is C8H17NOS. The molecule has 3 heteroatoms. The number of hydrogen-bond acceptors (Lipinski definition) is 2. The fourth-order valence-electron chi connectivity index (χ4n) is 0.841. The number of rotatable bonds is 4. The molecule has 0 aromatic heterocycles. The van der Waals surface area contributed by atoms with Crippen molar-refractivity contribution in [3.05, 3.63) is 0 Å². The Hall–Kier alpha value is -0.180. The molecule has 0 aliphatic carbocycles. The Morgan fingerprint density at radius 3 is 2.36 bits per heavy atom. The molecule has 0 aromatic carbocycles. The van der Waals surface area contributed by atoms with Crippen molar-refractivity contribution in [2.45, 2.75) is 26.8 Å². The monoisotopic (exact) mass is 175 g/mol. The van der Waals surface area contributed by atoms with Crippen LogP contribution >= 0.6 is 11.8 Å². The van der Waals surface area contributed by atoms with Crippen molar-refractivity contribution in [1.29, 1.82) is 0 Å². The number of nitrogens with one attached hydrogen (secondary N) is 1. The molecule has 0 bridgehead atoms. The Kier molecular flexibility index (Phi) is 5.38. The van der Waals surface area contributed by atoms with Gasteiger partial charge in [-0.3, -0.25) is 4.79 Å². The fourth-order valence-corrected chi connectivity index (χ4v) is 1.67. The van der Waals surface area contributed by atoms with E-state index in [1.165, 1.54) is 0 Å². The smallest absolute Gasteiger partial charge is 0.217 e. The summed E-state index contributed by atoms with van der Waals surface area (Å²) in [6.45, 7) is 5.81. The van der Waals surface area contributed by atoms with Gasteiger partial charge in [-0.2, -0.15) is 11.8 Å². The number of hydrogen-bond donors (Lipinski definition) is 1. The second kappa shape index (κ2) is 5.47. The van der Waals surface area contributed by atoms with Crippen molar-refractivity contribution in [3.63, 3.8) is 0 Å². The minimum absolute atomic E-state index is 0.0674. The third kappa shape index (κ3) is 5.13. The van der Waals surface area contributed by atoms with Crippen LogP contribution in [-0.2, 0) is 4.79 Å². The van der Waals surface area contributed by atoms with Gasteiger partial charge in [-0.05, 0) is 12.2 Å². The third-order valence-corrected chi connectivity index (χ3v) is 2.23. The van der Waals surface area contributed by atoms with Gasteiger partial charge in [0.15, 0.2) is 0 Å². The molecule has 0 radical (unpaired) electrons. The van der Waals surface area contributed by atoms with Gasteiger partial charge in [-0.25, -0.2) is 0 Å². The van der Waals surface area contributed by atoms with Crippen LogP contribution in [0.4, 0.5) is 0 Å². The highest BCUT2D eigenvalue weighted by Crippen LogP contribution is 2.06. The summed E-state index contributed by atoms with van der Waals surface area (Å²) in [6.07, 6.45) is 2.05. The first-order chi connectivity index (χ1) is 5.07. The van der Waals surface area contributed by atoms with E-state index in [2.05, 4.69) is 25.4 Å². The largest absolute Gasteiger partial charge is 0.353 e. The molecule has 1 N–H and O–H groups in total. The van der Waals surface area contributed by atoms with Crippen molar-refractivity contribution in [2.75, 3.05) is 12.0 Å². The molecule has 66 valence electrons. The van der Waals surface area contributed by atoms with E-state index in [0.29, 0.717) is 12.0 Å². The molecule has 0 fully saturated rings. The van der Waals surface area contributed by atoms with Gasteiger partial charge in [-0.1, -0.05) is 13.8 Å². The zero-order valence-electron chi connectivity index (χ0n) is 7.68. The summed E-state index contributed by atoms with van der Waals surface area (Å²) in [4.78, 5) is 10.7. The molecule has 1 atom stereocenters.